The fraction of sp³-hybridized carbons (Fsp3) is 0.118. The Morgan fingerprint density at radius 3 is 2.62 bits per heavy atom. The van der Waals surface area contributed by atoms with Crippen LogP contribution in [0.1, 0.15) is 21.5 Å². The third kappa shape index (κ3) is 3.66. The summed E-state index contributed by atoms with van der Waals surface area (Å²) < 4.78 is 44.1. The van der Waals surface area contributed by atoms with Gasteiger partial charge in [0.25, 0.3) is 5.91 Å². The van der Waals surface area contributed by atoms with E-state index in [2.05, 4.69) is 15.3 Å². The van der Waals surface area contributed by atoms with E-state index in [0.717, 1.165) is 6.07 Å². The first kappa shape index (κ1) is 17.5. The third-order valence-corrected chi connectivity index (χ3v) is 3.57. The molecule has 134 valence electrons. The van der Waals surface area contributed by atoms with E-state index in [1.54, 1.807) is 12.1 Å². The number of nitrogen functional groups attached to an aromatic ring is 1. The van der Waals surface area contributed by atoms with E-state index >= 15 is 0 Å². The number of alkyl halides is 3. The maximum absolute atomic E-state index is 13.0. The smallest absolute Gasteiger partial charge is 0.416 e. The van der Waals surface area contributed by atoms with Crippen LogP contribution < -0.4 is 11.1 Å². The number of aromatic nitrogens is 2. The molecule has 0 fully saturated rings. The zero-order valence-corrected chi connectivity index (χ0v) is 13.2. The number of halogens is 3. The molecule has 0 atom stereocenters. The van der Waals surface area contributed by atoms with E-state index in [9.17, 15) is 18.0 Å². The highest BCUT2D eigenvalue weighted by molar-refractivity contribution is 5.98. The molecular formula is C17H13F3N4O2. The van der Waals surface area contributed by atoms with E-state index in [1.807, 2.05) is 0 Å². The van der Waals surface area contributed by atoms with Gasteiger partial charge in [0, 0.05) is 12.7 Å². The Kier molecular flexibility index (Phi) is 4.61. The molecule has 0 saturated carbocycles. The van der Waals surface area contributed by atoms with Crippen LogP contribution in [0.2, 0.25) is 0 Å². The van der Waals surface area contributed by atoms with Gasteiger partial charge in [-0.05, 0) is 23.8 Å². The average molecular weight is 362 g/mol. The van der Waals surface area contributed by atoms with Gasteiger partial charge in [-0.15, -0.1) is 0 Å². The molecule has 0 spiro atoms. The molecule has 0 radical (unpaired) electrons. The Hall–Kier alpha value is -3.36. The third-order valence-electron chi connectivity index (χ3n) is 3.57. The molecule has 0 aliphatic rings. The summed E-state index contributed by atoms with van der Waals surface area (Å²) in [7, 11) is 0. The SMILES string of the molecule is Nc1nc(-c2ccco2)ncc1C(=O)NCc1ccccc1C(F)(F)F. The minimum Gasteiger partial charge on any atom is -0.461 e. The number of carbonyl (C=O) groups is 1. The molecule has 0 aliphatic carbocycles. The fourth-order valence-electron chi connectivity index (χ4n) is 2.32. The van der Waals surface area contributed by atoms with Gasteiger partial charge in [0.05, 0.1) is 17.4 Å². The molecule has 9 heteroatoms. The maximum Gasteiger partial charge on any atom is 0.416 e. The summed E-state index contributed by atoms with van der Waals surface area (Å²) in [5.74, 6) is -0.201. The number of hydrogen-bond acceptors (Lipinski definition) is 5. The number of nitrogens with zero attached hydrogens (tertiary/aromatic N) is 2. The maximum atomic E-state index is 13.0. The second-order valence-corrected chi connectivity index (χ2v) is 5.31. The van der Waals surface area contributed by atoms with Crippen LogP contribution in [0.4, 0.5) is 19.0 Å². The van der Waals surface area contributed by atoms with Gasteiger partial charge in [0.1, 0.15) is 5.82 Å². The van der Waals surface area contributed by atoms with Crippen LogP contribution in [0.15, 0.2) is 53.3 Å². The molecule has 2 heterocycles. The molecule has 26 heavy (non-hydrogen) atoms. The normalized spacial score (nSPS) is 11.3. The number of nitrogens with two attached hydrogens (primary N) is 1. The lowest BCUT2D eigenvalue weighted by atomic mass is 10.1. The van der Waals surface area contributed by atoms with Crippen LogP contribution in [-0.4, -0.2) is 15.9 Å². The predicted molar refractivity (Wildman–Crippen MR) is 86.8 cm³/mol. The standard InChI is InChI=1S/C17H13F3N4O2/c18-17(19,20)12-5-2-1-4-10(12)8-23-16(25)11-9-22-15(24-14(11)21)13-6-3-7-26-13/h1-7,9H,8H2,(H,23,25)(H2,21,22,24). The first-order chi connectivity index (χ1) is 12.4. The summed E-state index contributed by atoms with van der Waals surface area (Å²) in [4.78, 5) is 20.2. The molecular weight excluding hydrogens is 349 g/mol. The van der Waals surface area contributed by atoms with Crippen LogP contribution in [0.3, 0.4) is 0 Å². The Bertz CT molecular complexity index is 924. The molecule has 3 rings (SSSR count). The van der Waals surface area contributed by atoms with Crippen molar-refractivity contribution in [2.75, 3.05) is 5.73 Å². The number of nitrogens with one attached hydrogen (secondary N) is 1. The Morgan fingerprint density at radius 1 is 1.19 bits per heavy atom. The van der Waals surface area contributed by atoms with Crippen LogP contribution in [0, 0.1) is 0 Å². The summed E-state index contributed by atoms with van der Waals surface area (Å²) in [6.07, 6.45) is -1.87. The van der Waals surface area contributed by atoms with Crippen molar-refractivity contribution in [1.82, 2.24) is 15.3 Å². The lowest BCUT2D eigenvalue weighted by Gasteiger charge is -2.13. The second kappa shape index (κ2) is 6.87. The van der Waals surface area contributed by atoms with Gasteiger partial charge in [-0.25, -0.2) is 9.97 Å². The van der Waals surface area contributed by atoms with Gasteiger partial charge >= 0.3 is 6.18 Å². The van der Waals surface area contributed by atoms with E-state index in [-0.39, 0.29) is 29.3 Å². The summed E-state index contributed by atoms with van der Waals surface area (Å²) in [5.41, 5.74) is 4.86. The average Bonchev–Trinajstić information content (AvgIpc) is 3.13. The number of hydrogen-bond donors (Lipinski definition) is 2. The first-order valence-electron chi connectivity index (χ1n) is 7.46. The summed E-state index contributed by atoms with van der Waals surface area (Å²) in [6.45, 7) is -0.312. The quantitative estimate of drug-likeness (QED) is 0.743. The summed E-state index contributed by atoms with van der Waals surface area (Å²) in [6, 6.07) is 8.27. The molecule has 0 unspecified atom stereocenters. The minimum absolute atomic E-state index is 0.0372. The van der Waals surface area contributed by atoms with E-state index in [1.165, 1.54) is 30.7 Å². The van der Waals surface area contributed by atoms with Crippen molar-refractivity contribution in [3.63, 3.8) is 0 Å². The van der Waals surface area contributed by atoms with Crippen LogP contribution in [0.25, 0.3) is 11.6 Å². The van der Waals surface area contributed by atoms with Gasteiger partial charge in [0.2, 0.25) is 0 Å². The number of anilines is 1. The molecule has 0 bridgehead atoms. The number of amides is 1. The van der Waals surface area contributed by atoms with Gasteiger partial charge in [-0.2, -0.15) is 13.2 Å². The molecule has 3 N–H and O–H groups in total. The minimum atomic E-state index is -4.51. The van der Waals surface area contributed by atoms with Crippen LogP contribution >= 0.6 is 0 Å². The van der Waals surface area contributed by atoms with Crippen LogP contribution in [-0.2, 0) is 12.7 Å². The highest BCUT2D eigenvalue weighted by Gasteiger charge is 2.32. The number of furan rings is 1. The first-order valence-corrected chi connectivity index (χ1v) is 7.46. The zero-order chi connectivity index (χ0) is 18.7. The second-order valence-electron chi connectivity index (χ2n) is 5.31. The van der Waals surface area contributed by atoms with Gasteiger partial charge in [-0.1, -0.05) is 18.2 Å². The van der Waals surface area contributed by atoms with Gasteiger partial charge in [-0.3, -0.25) is 4.79 Å². The van der Waals surface area contributed by atoms with Crippen molar-refractivity contribution in [3.8, 4) is 11.6 Å². The monoisotopic (exact) mass is 362 g/mol. The molecule has 0 aliphatic heterocycles. The number of carbonyl (C=O) groups excluding carboxylic acids is 1. The van der Waals surface area contributed by atoms with Gasteiger partial charge in [0.15, 0.2) is 11.6 Å². The predicted octanol–water partition coefficient (Wildman–Crippen LogP) is 3.27. The van der Waals surface area contributed by atoms with Crippen molar-refractivity contribution >= 4 is 11.7 Å². The molecule has 1 amide bonds. The van der Waals surface area contributed by atoms with Crippen LogP contribution in [0.5, 0.6) is 0 Å². The van der Waals surface area contributed by atoms with E-state index in [4.69, 9.17) is 10.2 Å². The zero-order valence-electron chi connectivity index (χ0n) is 13.2. The Balaban J connectivity index is 1.76. The molecule has 1 aromatic carbocycles. The van der Waals surface area contributed by atoms with E-state index in [0.29, 0.717) is 5.76 Å². The molecule has 2 aromatic heterocycles. The molecule has 6 nitrogen and oxygen atoms in total. The molecule has 0 saturated heterocycles. The van der Waals surface area contributed by atoms with E-state index < -0.39 is 17.6 Å². The highest BCUT2D eigenvalue weighted by Crippen LogP contribution is 2.31. The number of benzene rings is 1. The van der Waals surface area contributed by atoms with Crippen molar-refractivity contribution in [1.29, 1.82) is 0 Å². The van der Waals surface area contributed by atoms with Crippen molar-refractivity contribution < 1.29 is 22.4 Å². The topological polar surface area (TPSA) is 94.0 Å². The Labute approximate surface area is 145 Å². The lowest BCUT2D eigenvalue weighted by molar-refractivity contribution is -0.138. The van der Waals surface area contributed by atoms with Crippen molar-refractivity contribution in [2.24, 2.45) is 0 Å². The number of rotatable bonds is 4. The summed E-state index contributed by atoms with van der Waals surface area (Å²) >= 11 is 0. The molecule has 3 aromatic rings. The fourth-order valence-corrected chi connectivity index (χ4v) is 2.32. The largest absolute Gasteiger partial charge is 0.461 e. The van der Waals surface area contributed by atoms with Crippen molar-refractivity contribution in [2.45, 2.75) is 12.7 Å². The van der Waals surface area contributed by atoms with Crippen molar-refractivity contribution in [3.05, 3.63) is 65.5 Å². The lowest BCUT2D eigenvalue weighted by Crippen LogP contribution is -2.26. The summed E-state index contributed by atoms with van der Waals surface area (Å²) in [5, 5.41) is 2.40. The Morgan fingerprint density at radius 2 is 1.96 bits per heavy atom. The van der Waals surface area contributed by atoms with Gasteiger partial charge < -0.3 is 15.5 Å². The highest BCUT2D eigenvalue weighted by atomic mass is 19.4.